The summed E-state index contributed by atoms with van der Waals surface area (Å²) >= 11 is 0. The van der Waals surface area contributed by atoms with Gasteiger partial charge in [-0.05, 0) is 30.3 Å². The maximum atomic E-state index is 13.6. The lowest BCUT2D eigenvalue weighted by Crippen LogP contribution is -2.39. The summed E-state index contributed by atoms with van der Waals surface area (Å²) in [5.41, 5.74) is 1.12. The van der Waals surface area contributed by atoms with Crippen LogP contribution >= 0.6 is 0 Å². The van der Waals surface area contributed by atoms with Crippen molar-refractivity contribution < 1.29 is 31.8 Å². The Labute approximate surface area is 203 Å². The normalized spacial score (nSPS) is 14.3. The number of aromatic nitrogens is 3. The number of rotatable bonds is 7. The second-order valence-electron chi connectivity index (χ2n) is 7.84. The second-order valence-corrected chi connectivity index (χ2v) is 7.84. The first-order valence-corrected chi connectivity index (χ1v) is 11.0. The molecule has 4 rings (SSSR count). The zero-order valence-electron chi connectivity index (χ0n) is 19.1. The third-order valence-corrected chi connectivity index (χ3v) is 5.32. The van der Waals surface area contributed by atoms with Gasteiger partial charge in [-0.15, -0.1) is 13.2 Å². The molecule has 1 amide bonds. The van der Waals surface area contributed by atoms with E-state index in [2.05, 4.69) is 30.3 Å². The number of hydrogen-bond donors (Lipinski definition) is 2. The van der Waals surface area contributed by atoms with E-state index in [-0.39, 0.29) is 17.8 Å². The van der Waals surface area contributed by atoms with Gasteiger partial charge in [-0.2, -0.15) is 4.98 Å². The number of halogens is 4. The van der Waals surface area contributed by atoms with Crippen LogP contribution in [0.15, 0.2) is 48.8 Å². The molecule has 0 radical (unpaired) electrons. The third-order valence-electron chi connectivity index (χ3n) is 5.32. The van der Waals surface area contributed by atoms with Crippen LogP contribution in [0.3, 0.4) is 0 Å². The molecule has 1 aromatic heterocycles. The number of piperidine rings is 1. The Hall–Kier alpha value is -4.16. The van der Waals surface area contributed by atoms with Crippen molar-refractivity contribution in [3.8, 4) is 11.5 Å². The van der Waals surface area contributed by atoms with Crippen molar-refractivity contribution in [3.63, 3.8) is 0 Å². The fourth-order valence-electron chi connectivity index (χ4n) is 3.64. The van der Waals surface area contributed by atoms with E-state index in [9.17, 15) is 22.4 Å². The molecule has 2 aromatic carbocycles. The van der Waals surface area contributed by atoms with Crippen molar-refractivity contribution in [3.05, 3.63) is 60.2 Å². The van der Waals surface area contributed by atoms with Crippen LogP contribution in [-0.2, 0) is 0 Å². The Morgan fingerprint density at radius 2 is 1.89 bits per heavy atom. The molecule has 0 unspecified atom stereocenters. The minimum atomic E-state index is -5.00. The highest BCUT2D eigenvalue weighted by Gasteiger charge is 2.33. The predicted molar refractivity (Wildman–Crippen MR) is 122 cm³/mol. The number of alkyl halides is 3. The number of hydrogen-bond acceptors (Lipinski definition) is 8. The van der Waals surface area contributed by atoms with Gasteiger partial charge in [0, 0.05) is 50.3 Å². The summed E-state index contributed by atoms with van der Waals surface area (Å²) < 4.78 is 60.5. The van der Waals surface area contributed by atoms with E-state index in [4.69, 9.17) is 4.74 Å². The summed E-state index contributed by atoms with van der Waals surface area (Å²) in [5, 5.41) is 5.62. The third kappa shape index (κ3) is 6.49. The summed E-state index contributed by atoms with van der Waals surface area (Å²) in [4.78, 5) is 26.6. The predicted octanol–water partition coefficient (Wildman–Crippen LogP) is 4.06. The quantitative estimate of drug-likeness (QED) is 0.463. The molecule has 0 spiro atoms. The average molecular weight is 506 g/mol. The van der Waals surface area contributed by atoms with Gasteiger partial charge in [0.25, 0.3) is 5.91 Å². The minimum absolute atomic E-state index is 0.0831. The van der Waals surface area contributed by atoms with Gasteiger partial charge < -0.3 is 25.0 Å². The van der Waals surface area contributed by atoms with Gasteiger partial charge in [-0.3, -0.25) is 4.79 Å². The largest absolute Gasteiger partial charge is 0.573 e. The van der Waals surface area contributed by atoms with Crippen LogP contribution in [0.4, 0.5) is 35.1 Å². The number of anilines is 3. The molecule has 9 nitrogen and oxygen atoms in total. The van der Waals surface area contributed by atoms with Gasteiger partial charge in [-0.25, -0.2) is 14.4 Å². The van der Waals surface area contributed by atoms with Crippen LogP contribution < -0.4 is 25.0 Å². The van der Waals surface area contributed by atoms with Crippen molar-refractivity contribution in [2.75, 3.05) is 30.4 Å². The van der Waals surface area contributed by atoms with Crippen LogP contribution in [0, 0.1) is 5.82 Å². The number of nitrogens with one attached hydrogen (secondary N) is 2. The van der Waals surface area contributed by atoms with Gasteiger partial charge in [-0.1, -0.05) is 6.07 Å². The fraction of sp³-hybridized carbons (Fsp3) is 0.304. The van der Waals surface area contributed by atoms with E-state index >= 15 is 0 Å². The number of ether oxygens (including phenoxy) is 2. The Kier molecular flexibility index (Phi) is 7.36. The van der Waals surface area contributed by atoms with Crippen molar-refractivity contribution >= 4 is 23.5 Å². The molecule has 36 heavy (non-hydrogen) atoms. The molecule has 0 bridgehead atoms. The molecule has 0 saturated carbocycles. The molecular weight excluding hydrogens is 484 g/mol. The summed E-state index contributed by atoms with van der Waals surface area (Å²) in [5.74, 6) is -1.46. The SMILES string of the molecule is CNC(=O)c1cccc(Nc2ncnc(N3CCC(Oc4ccc(F)c(OC(F)(F)F)c4)CC3)n2)c1. The van der Waals surface area contributed by atoms with Gasteiger partial charge in [0.2, 0.25) is 11.9 Å². The Balaban J connectivity index is 1.36. The Morgan fingerprint density at radius 3 is 2.61 bits per heavy atom. The average Bonchev–Trinajstić information content (AvgIpc) is 2.85. The molecule has 2 N–H and O–H groups in total. The fourth-order valence-corrected chi connectivity index (χ4v) is 3.64. The highest BCUT2D eigenvalue weighted by molar-refractivity contribution is 5.95. The van der Waals surface area contributed by atoms with Crippen LogP contribution in [0.25, 0.3) is 0 Å². The van der Waals surface area contributed by atoms with Crippen LogP contribution in [0.2, 0.25) is 0 Å². The number of nitrogens with zero attached hydrogens (tertiary/aromatic N) is 4. The van der Waals surface area contributed by atoms with E-state index in [1.807, 2.05) is 4.90 Å². The zero-order valence-corrected chi connectivity index (χ0v) is 19.1. The molecule has 0 aliphatic carbocycles. The zero-order chi connectivity index (χ0) is 25.7. The van der Waals surface area contributed by atoms with E-state index < -0.39 is 17.9 Å². The highest BCUT2D eigenvalue weighted by Crippen LogP contribution is 2.30. The van der Waals surface area contributed by atoms with Crippen LogP contribution in [0.1, 0.15) is 23.2 Å². The summed E-state index contributed by atoms with van der Waals surface area (Å²) in [6, 6.07) is 9.89. The number of amides is 1. The van der Waals surface area contributed by atoms with Crippen molar-refractivity contribution in [1.29, 1.82) is 0 Å². The molecule has 2 heterocycles. The van der Waals surface area contributed by atoms with E-state index in [0.29, 0.717) is 49.1 Å². The van der Waals surface area contributed by atoms with Crippen molar-refractivity contribution in [2.24, 2.45) is 0 Å². The van der Waals surface area contributed by atoms with Crippen molar-refractivity contribution in [2.45, 2.75) is 25.3 Å². The molecule has 3 aromatic rings. The molecule has 1 aliphatic heterocycles. The van der Waals surface area contributed by atoms with E-state index in [0.717, 1.165) is 12.1 Å². The molecule has 0 atom stereocenters. The number of benzene rings is 2. The molecule has 1 saturated heterocycles. The second kappa shape index (κ2) is 10.6. The van der Waals surface area contributed by atoms with Gasteiger partial charge in [0.05, 0.1) is 0 Å². The molecule has 13 heteroatoms. The highest BCUT2D eigenvalue weighted by atomic mass is 19.4. The smallest absolute Gasteiger partial charge is 0.490 e. The molecule has 1 aliphatic rings. The first-order chi connectivity index (χ1) is 17.2. The van der Waals surface area contributed by atoms with Gasteiger partial charge in [0.1, 0.15) is 18.2 Å². The van der Waals surface area contributed by atoms with Crippen LogP contribution in [0.5, 0.6) is 11.5 Å². The van der Waals surface area contributed by atoms with Gasteiger partial charge >= 0.3 is 6.36 Å². The summed E-state index contributed by atoms with van der Waals surface area (Å²) in [7, 11) is 1.55. The number of carbonyl (C=O) groups excluding carboxylic acids is 1. The molecular formula is C23H22F4N6O3. The summed E-state index contributed by atoms with van der Waals surface area (Å²) in [6.07, 6.45) is -2.85. The van der Waals surface area contributed by atoms with Crippen molar-refractivity contribution in [1.82, 2.24) is 20.3 Å². The van der Waals surface area contributed by atoms with E-state index in [1.165, 1.54) is 12.4 Å². The Bertz CT molecular complexity index is 1220. The summed E-state index contributed by atoms with van der Waals surface area (Å²) in [6.45, 7) is 1.04. The van der Waals surface area contributed by atoms with Gasteiger partial charge in [0.15, 0.2) is 11.6 Å². The Morgan fingerprint density at radius 1 is 1.11 bits per heavy atom. The lowest BCUT2D eigenvalue weighted by molar-refractivity contribution is -0.275. The lowest BCUT2D eigenvalue weighted by atomic mass is 10.1. The number of carbonyl (C=O) groups is 1. The maximum Gasteiger partial charge on any atom is 0.573 e. The molecule has 1 fully saturated rings. The first-order valence-electron chi connectivity index (χ1n) is 11.0. The van der Waals surface area contributed by atoms with Crippen LogP contribution in [-0.4, -0.2) is 53.5 Å². The lowest BCUT2D eigenvalue weighted by Gasteiger charge is -2.32. The monoisotopic (exact) mass is 506 g/mol. The minimum Gasteiger partial charge on any atom is -0.490 e. The first kappa shape index (κ1) is 24.9. The topological polar surface area (TPSA) is 102 Å². The maximum absolute atomic E-state index is 13.6. The molecule has 190 valence electrons. The van der Waals surface area contributed by atoms with E-state index in [1.54, 1.807) is 31.3 Å². The standard InChI is InChI=1S/C23H22F4N6O3/c1-28-20(34)14-3-2-4-15(11-14)31-21-29-13-30-22(32-21)33-9-7-16(8-10-33)35-17-5-6-18(24)19(12-17)36-23(25,26)27/h2-6,11-13,16H,7-10H2,1H3,(H,28,34)(H,29,30,31,32).